The predicted octanol–water partition coefficient (Wildman–Crippen LogP) is 5.94. The summed E-state index contributed by atoms with van der Waals surface area (Å²) < 4.78 is 0. The van der Waals surface area contributed by atoms with E-state index >= 15 is 0 Å². The van der Waals surface area contributed by atoms with E-state index in [9.17, 15) is 9.90 Å². The summed E-state index contributed by atoms with van der Waals surface area (Å²) in [6, 6.07) is 15.1. The van der Waals surface area contributed by atoms with Gasteiger partial charge in [0.2, 0.25) is 0 Å². The Kier molecular flexibility index (Phi) is 9.84. The van der Waals surface area contributed by atoms with Gasteiger partial charge >= 0.3 is 0 Å². The van der Waals surface area contributed by atoms with Crippen molar-refractivity contribution in [2.24, 2.45) is 10.8 Å². The number of nitrogens with zero attached hydrogens (tertiary/aromatic N) is 1. The van der Waals surface area contributed by atoms with Gasteiger partial charge in [-0.25, -0.2) is 0 Å². The minimum absolute atomic E-state index is 0. The van der Waals surface area contributed by atoms with Crippen LogP contribution in [0.5, 0.6) is 0 Å². The molecule has 2 rings (SSSR count). The van der Waals surface area contributed by atoms with Crippen LogP contribution in [-0.2, 0) is 24.9 Å². The second-order valence-corrected chi connectivity index (χ2v) is 8.39. The van der Waals surface area contributed by atoms with Crippen molar-refractivity contribution in [2.75, 3.05) is 0 Å². The number of aromatic nitrogens is 1. The van der Waals surface area contributed by atoms with Crippen LogP contribution < -0.4 is 0 Å². The van der Waals surface area contributed by atoms with Crippen molar-refractivity contribution in [1.29, 1.82) is 0 Å². The number of benzene rings is 1. The second-order valence-electron chi connectivity index (χ2n) is 8.39. The third-order valence-electron chi connectivity index (χ3n) is 3.68. The van der Waals surface area contributed by atoms with Crippen LogP contribution in [0.4, 0.5) is 0 Å². The number of ketones is 1. The maximum Gasteiger partial charge on any atom is 0.164 e. The Hall–Kier alpha value is -1.77. The molecule has 0 aliphatic heterocycles. The maximum atomic E-state index is 11.5. The Balaban J connectivity index is 0.000000483. The van der Waals surface area contributed by atoms with Crippen molar-refractivity contribution in [3.8, 4) is 11.3 Å². The van der Waals surface area contributed by atoms with Crippen molar-refractivity contribution in [2.45, 2.75) is 48.5 Å². The molecule has 1 heterocycles. The van der Waals surface area contributed by atoms with Gasteiger partial charge in [-0.1, -0.05) is 53.2 Å². The minimum Gasteiger partial charge on any atom is -0.512 e. The normalized spacial score (nSPS) is 11.7. The largest absolute Gasteiger partial charge is 0.512 e. The molecule has 4 heteroatoms. The van der Waals surface area contributed by atoms with Gasteiger partial charge in [-0.05, 0) is 18.7 Å². The van der Waals surface area contributed by atoms with Crippen LogP contribution in [-0.4, -0.2) is 15.9 Å². The van der Waals surface area contributed by atoms with Crippen LogP contribution in [0.25, 0.3) is 11.3 Å². The van der Waals surface area contributed by atoms with Crippen molar-refractivity contribution in [3.63, 3.8) is 0 Å². The number of allylic oxidation sites excluding steroid dienone is 2. The fraction of sp³-hybridized carbons (Fsp3) is 0.391. The molecule has 1 aromatic carbocycles. The topological polar surface area (TPSA) is 50.2 Å². The molecular weight excluding hydrogens is 514 g/mol. The van der Waals surface area contributed by atoms with Gasteiger partial charge in [-0.15, -0.1) is 35.9 Å². The molecule has 27 heavy (non-hydrogen) atoms. The van der Waals surface area contributed by atoms with Crippen LogP contribution in [0.3, 0.4) is 0 Å². The number of aryl methyl sites for hydroxylation is 1. The van der Waals surface area contributed by atoms with Gasteiger partial charge in [0.25, 0.3) is 0 Å². The van der Waals surface area contributed by atoms with E-state index in [4.69, 9.17) is 0 Å². The predicted molar refractivity (Wildman–Crippen MR) is 108 cm³/mol. The third-order valence-corrected chi connectivity index (χ3v) is 3.68. The molecular formula is C23H30IrNO2-. The Morgan fingerprint density at radius 1 is 1.07 bits per heavy atom. The standard InChI is InChI=1S/C12H10N.C11H20O2.Ir/c1-10-7-8-13-12(9-10)11-5-3-2-4-6-11;1-10(2,3)8(12)7-9(13)11(4,5)6;/h2-5,7-9H,1H3;7,12H,1-6H3;/q-1;;/b;8-7-;. The van der Waals surface area contributed by atoms with Gasteiger partial charge in [0.15, 0.2) is 5.78 Å². The first-order chi connectivity index (χ1) is 11.9. The van der Waals surface area contributed by atoms with E-state index in [0.29, 0.717) is 0 Å². The van der Waals surface area contributed by atoms with Gasteiger partial charge < -0.3 is 10.1 Å². The Labute approximate surface area is 177 Å². The van der Waals surface area contributed by atoms with Crippen LogP contribution >= 0.6 is 0 Å². The summed E-state index contributed by atoms with van der Waals surface area (Å²) in [6.45, 7) is 13.2. The first kappa shape index (κ1) is 25.2. The van der Waals surface area contributed by atoms with Crippen LogP contribution in [0.1, 0.15) is 47.1 Å². The number of hydrogen-bond donors (Lipinski definition) is 1. The zero-order valence-electron chi connectivity index (χ0n) is 17.3. The monoisotopic (exact) mass is 545 g/mol. The van der Waals surface area contributed by atoms with Gasteiger partial charge in [0, 0.05) is 43.2 Å². The summed E-state index contributed by atoms with van der Waals surface area (Å²) in [4.78, 5) is 15.8. The molecule has 1 aromatic heterocycles. The molecule has 149 valence electrons. The van der Waals surface area contributed by atoms with Crippen LogP contribution in [0, 0.1) is 23.8 Å². The van der Waals surface area contributed by atoms with Crippen LogP contribution in [0.15, 0.2) is 54.4 Å². The first-order valence-corrected chi connectivity index (χ1v) is 8.76. The molecule has 0 bridgehead atoms. The van der Waals surface area contributed by atoms with E-state index in [1.54, 1.807) is 0 Å². The number of carbonyl (C=O) groups excluding carboxylic acids is 1. The average molecular weight is 545 g/mol. The molecule has 0 aliphatic carbocycles. The first-order valence-electron chi connectivity index (χ1n) is 8.76. The number of aliphatic hydroxyl groups excluding tert-OH is 1. The quantitative estimate of drug-likeness (QED) is 0.289. The number of pyridine rings is 1. The number of aliphatic hydroxyl groups is 1. The van der Waals surface area contributed by atoms with E-state index in [-0.39, 0.29) is 37.1 Å². The smallest absolute Gasteiger partial charge is 0.164 e. The van der Waals surface area contributed by atoms with E-state index < -0.39 is 5.41 Å². The van der Waals surface area contributed by atoms with Gasteiger partial charge in [0.05, 0.1) is 0 Å². The third kappa shape index (κ3) is 9.12. The van der Waals surface area contributed by atoms with Crippen molar-refractivity contribution >= 4 is 5.78 Å². The van der Waals surface area contributed by atoms with E-state index in [1.165, 1.54) is 11.6 Å². The molecule has 0 atom stereocenters. The average Bonchev–Trinajstić information content (AvgIpc) is 2.54. The number of rotatable bonds is 2. The molecule has 0 spiro atoms. The summed E-state index contributed by atoms with van der Waals surface area (Å²) in [5, 5.41) is 9.56. The van der Waals surface area contributed by atoms with E-state index in [1.807, 2.05) is 78.1 Å². The van der Waals surface area contributed by atoms with Gasteiger partial charge in [-0.3, -0.25) is 4.79 Å². The molecule has 2 aromatic rings. The van der Waals surface area contributed by atoms with E-state index in [0.717, 1.165) is 11.3 Å². The Morgan fingerprint density at radius 2 is 1.70 bits per heavy atom. The second kappa shape index (κ2) is 10.5. The van der Waals surface area contributed by atoms with Crippen molar-refractivity contribution in [3.05, 3.63) is 66.1 Å². The molecule has 0 amide bonds. The Bertz CT molecular complexity index is 754. The van der Waals surface area contributed by atoms with Gasteiger partial charge in [-0.2, -0.15) is 0 Å². The zero-order valence-corrected chi connectivity index (χ0v) is 19.6. The molecule has 0 fully saturated rings. The number of carbonyl (C=O) groups is 1. The molecule has 1 radical (unpaired) electrons. The SMILES string of the molecule is CC(C)(C)C(=O)/C=C(\O)C(C)(C)C.Cc1ccnc(-c2[c-]cccc2)c1.[Ir]. The molecule has 0 unspecified atom stereocenters. The molecule has 3 nitrogen and oxygen atoms in total. The fourth-order valence-corrected chi connectivity index (χ4v) is 1.79. The minimum atomic E-state index is -0.417. The molecule has 0 saturated heterocycles. The summed E-state index contributed by atoms with van der Waals surface area (Å²) in [7, 11) is 0. The zero-order chi connectivity index (χ0) is 20.0. The van der Waals surface area contributed by atoms with E-state index in [2.05, 4.69) is 24.0 Å². The molecule has 0 saturated carbocycles. The summed E-state index contributed by atoms with van der Waals surface area (Å²) in [6.07, 6.45) is 3.16. The fourth-order valence-electron chi connectivity index (χ4n) is 1.79. The number of hydrogen-bond acceptors (Lipinski definition) is 3. The van der Waals surface area contributed by atoms with Crippen molar-refractivity contribution < 1.29 is 30.0 Å². The molecule has 0 aliphatic rings. The van der Waals surface area contributed by atoms with Crippen molar-refractivity contribution in [1.82, 2.24) is 4.98 Å². The maximum absolute atomic E-state index is 11.5. The van der Waals surface area contributed by atoms with Crippen LogP contribution in [0.2, 0.25) is 0 Å². The van der Waals surface area contributed by atoms with Gasteiger partial charge in [0.1, 0.15) is 5.76 Å². The Morgan fingerprint density at radius 3 is 2.15 bits per heavy atom. The summed E-state index contributed by atoms with van der Waals surface area (Å²) >= 11 is 0. The summed E-state index contributed by atoms with van der Waals surface area (Å²) in [5.74, 6) is 0.104. The molecule has 1 N–H and O–H groups in total. The summed E-state index contributed by atoms with van der Waals surface area (Å²) in [5.41, 5.74) is 2.49.